The molecule has 6 rings (SSSR count). The maximum absolute atomic E-state index is 11.6. The van der Waals surface area contributed by atoms with Gasteiger partial charge in [0.2, 0.25) is 0 Å². The van der Waals surface area contributed by atoms with Crippen molar-refractivity contribution in [2.24, 2.45) is 52.3 Å². The van der Waals surface area contributed by atoms with E-state index < -0.39 is 18.0 Å². The molecule has 198 valence electrons. The maximum Gasteiger partial charge on any atom is 0.302 e. The van der Waals surface area contributed by atoms with Crippen molar-refractivity contribution in [3.63, 3.8) is 0 Å². The summed E-state index contributed by atoms with van der Waals surface area (Å²) in [4.78, 5) is 11.6. The minimum atomic E-state index is -1.06. The van der Waals surface area contributed by atoms with Gasteiger partial charge in [0.1, 0.15) is 12.2 Å². The fraction of sp³-hybridized carbons (Fsp3) is 0.966. The maximum atomic E-state index is 11.6. The Morgan fingerprint density at radius 2 is 1.71 bits per heavy atom. The largest absolute Gasteiger partial charge is 0.463 e. The molecule has 4 aliphatic carbocycles. The summed E-state index contributed by atoms with van der Waals surface area (Å²) in [6.07, 6.45) is 7.62. The number of carbonyl (C=O) groups excluding carboxylic acids is 1. The predicted molar refractivity (Wildman–Crippen MR) is 130 cm³/mol. The van der Waals surface area contributed by atoms with Crippen LogP contribution >= 0.6 is 0 Å². The molecule has 0 amide bonds. The number of ether oxygens (including phenoxy) is 3. The molecule has 6 fully saturated rings. The first-order valence-electron chi connectivity index (χ1n) is 14.4. The molecule has 14 atom stereocenters. The highest BCUT2D eigenvalue weighted by atomic mass is 16.7. The zero-order valence-electron chi connectivity index (χ0n) is 22.2. The fourth-order valence-corrected chi connectivity index (χ4v) is 10.7. The van der Waals surface area contributed by atoms with E-state index in [4.69, 9.17) is 14.2 Å². The van der Waals surface area contributed by atoms with Crippen LogP contribution in [0.3, 0.4) is 0 Å². The first-order valence-corrected chi connectivity index (χ1v) is 14.4. The van der Waals surface area contributed by atoms with Crippen molar-refractivity contribution >= 4 is 5.97 Å². The summed E-state index contributed by atoms with van der Waals surface area (Å²) in [5.74, 6) is 1.88. The molecule has 0 unspecified atom stereocenters. The Balaban J connectivity index is 1.22. The van der Waals surface area contributed by atoms with E-state index in [0.29, 0.717) is 29.8 Å². The molecule has 6 nitrogen and oxygen atoms in total. The standard InChI is InChI=1S/C29H46O6/c1-15-14-33-29(26(32)25(15)31)16(2)24-23(35-29)13-22-20-7-6-18-12-19(34-17(3)30)8-10-27(18,4)21(20)9-11-28(22,24)5/h15-16,18-26,31-32H,6-14H2,1-5H3/t15-,16-,18-,19-,20+,21-,22-,23-,24-,25-,26+,27-,28-,29-/m0/s1. The second-order valence-corrected chi connectivity index (χ2v) is 13.9. The molecule has 0 radical (unpaired) electrons. The van der Waals surface area contributed by atoms with E-state index in [0.717, 1.165) is 31.1 Å². The molecule has 6 heteroatoms. The number of fused-ring (bicyclic) bond motifs is 7. The lowest BCUT2D eigenvalue weighted by Crippen LogP contribution is -2.62. The van der Waals surface area contributed by atoms with Crippen LogP contribution < -0.4 is 0 Å². The SMILES string of the molecule is CC(=O)O[C@H]1CC[C@@]2(C)[C@@H](CC[C@@H]3[C@@H]2CC[C@]2(C)[C@@H]4[C@H](C[C@@H]32)O[C@@]2(OC[C@H](C)[C@H](O)[C@H]2O)[C@H]4C)C1. The topological polar surface area (TPSA) is 85.2 Å². The van der Waals surface area contributed by atoms with Crippen LogP contribution in [-0.2, 0) is 19.0 Å². The summed E-state index contributed by atoms with van der Waals surface area (Å²) in [5, 5.41) is 21.8. The second kappa shape index (κ2) is 8.15. The van der Waals surface area contributed by atoms with Gasteiger partial charge >= 0.3 is 5.97 Å². The Kier molecular flexibility index (Phi) is 5.74. The third-order valence-corrected chi connectivity index (χ3v) is 12.4. The summed E-state index contributed by atoms with van der Waals surface area (Å²) < 4.78 is 18.6. The van der Waals surface area contributed by atoms with E-state index in [1.807, 2.05) is 6.92 Å². The lowest BCUT2D eigenvalue weighted by molar-refractivity contribution is -0.338. The molecule has 35 heavy (non-hydrogen) atoms. The van der Waals surface area contributed by atoms with Crippen molar-refractivity contribution in [1.29, 1.82) is 0 Å². The average Bonchev–Trinajstić information content (AvgIpc) is 3.26. The number of carbonyl (C=O) groups is 1. The molecular weight excluding hydrogens is 444 g/mol. The minimum Gasteiger partial charge on any atom is -0.463 e. The van der Waals surface area contributed by atoms with Gasteiger partial charge in [-0.1, -0.05) is 27.7 Å². The summed E-state index contributed by atoms with van der Waals surface area (Å²) in [6, 6.07) is 0. The van der Waals surface area contributed by atoms with Gasteiger partial charge in [0, 0.05) is 18.8 Å². The van der Waals surface area contributed by atoms with Crippen LogP contribution in [0.4, 0.5) is 0 Å². The van der Waals surface area contributed by atoms with Gasteiger partial charge in [0.05, 0.1) is 18.8 Å². The smallest absolute Gasteiger partial charge is 0.302 e. The minimum absolute atomic E-state index is 0.0577. The summed E-state index contributed by atoms with van der Waals surface area (Å²) in [5.41, 5.74) is 0.527. The number of rotatable bonds is 1. The van der Waals surface area contributed by atoms with E-state index in [1.165, 1.54) is 39.0 Å². The van der Waals surface area contributed by atoms with Crippen molar-refractivity contribution in [2.75, 3.05) is 6.61 Å². The molecule has 4 saturated carbocycles. The van der Waals surface area contributed by atoms with E-state index >= 15 is 0 Å². The predicted octanol–water partition coefficient (Wildman–Crippen LogP) is 4.31. The molecule has 2 aliphatic heterocycles. The summed E-state index contributed by atoms with van der Waals surface area (Å²) >= 11 is 0. The van der Waals surface area contributed by atoms with E-state index in [2.05, 4.69) is 20.8 Å². The van der Waals surface area contributed by atoms with E-state index in [1.54, 1.807) is 0 Å². The Bertz CT molecular complexity index is 862. The van der Waals surface area contributed by atoms with Crippen LogP contribution in [0.25, 0.3) is 0 Å². The van der Waals surface area contributed by atoms with Crippen LogP contribution in [0.5, 0.6) is 0 Å². The van der Waals surface area contributed by atoms with Crippen molar-refractivity contribution in [1.82, 2.24) is 0 Å². The Hall–Kier alpha value is -0.690. The van der Waals surface area contributed by atoms with Crippen LogP contribution in [0, 0.1) is 52.3 Å². The molecule has 0 aromatic heterocycles. The molecule has 6 aliphatic rings. The number of aliphatic hydroxyl groups is 2. The quantitative estimate of drug-likeness (QED) is 0.533. The van der Waals surface area contributed by atoms with Gasteiger partial charge < -0.3 is 24.4 Å². The normalized spacial score (nSPS) is 59.3. The second-order valence-electron chi connectivity index (χ2n) is 13.9. The van der Waals surface area contributed by atoms with Crippen LogP contribution in [0.2, 0.25) is 0 Å². The summed E-state index contributed by atoms with van der Waals surface area (Å²) in [7, 11) is 0. The lowest BCUT2D eigenvalue weighted by Gasteiger charge is -2.61. The Morgan fingerprint density at radius 1 is 0.971 bits per heavy atom. The van der Waals surface area contributed by atoms with Gasteiger partial charge in [-0.2, -0.15) is 0 Å². The Labute approximate surface area is 210 Å². The van der Waals surface area contributed by atoms with Gasteiger partial charge in [0.15, 0.2) is 5.79 Å². The molecule has 0 aromatic rings. The van der Waals surface area contributed by atoms with Crippen LogP contribution in [-0.4, -0.2) is 53.0 Å². The van der Waals surface area contributed by atoms with Gasteiger partial charge in [-0.15, -0.1) is 0 Å². The number of hydrogen-bond donors (Lipinski definition) is 2. The third kappa shape index (κ3) is 3.31. The molecule has 1 spiro atoms. The average molecular weight is 491 g/mol. The Morgan fingerprint density at radius 3 is 2.46 bits per heavy atom. The number of aliphatic hydroxyl groups excluding tert-OH is 2. The van der Waals surface area contributed by atoms with Crippen LogP contribution in [0.1, 0.15) is 86.0 Å². The van der Waals surface area contributed by atoms with Crippen molar-refractivity contribution < 1.29 is 29.2 Å². The van der Waals surface area contributed by atoms with Crippen molar-refractivity contribution in [3.05, 3.63) is 0 Å². The van der Waals surface area contributed by atoms with Gasteiger partial charge in [0.25, 0.3) is 0 Å². The van der Waals surface area contributed by atoms with E-state index in [-0.39, 0.29) is 35.4 Å². The third-order valence-electron chi connectivity index (χ3n) is 12.4. The fourth-order valence-electron chi connectivity index (χ4n) is 10.7. The van der Waals surface area contributed by atoms with Crippen molar-refractivity contribution in [2.45, 2.75) is 116 Å². The highest BCUT2D eigenvalue weighted by molar-refractivity contribution is 5.66. The van der Waals surface area contributed by atoms with Gasteiger partial charge in [-0.05, 0) is 91.8 Å². The lowest BCUT2D eigenvalue weighted by atomic mass is 9.44. The molecule has 0 bridgehead atoms. The molecule has 2 saturated heterocycles. The number of hydrogen-bond acceptors (Lipinski definition) is 6. The molecule has 2 heterocycles. The number of esters is 1. The molecule has 2 N–H and O–H groups in total. The van der Waals surface area contributed by atoms with Gasteiger partial charge in [-0.3, -0.25) is 4.79 Å². The van der Waals surface area contributed by atoms with Gasteiger partial charge in [-0.25, -0.2) is 0 Å². The monoisotopic (exact) mass is 490 g/mol. The van der Waals surface area contributed by atoms with Crippen LogP contribution in [0.15, 0.2) is 0 Å². The van der Waals surface area contributed by atoms with E-state index in [9.17, 15) is 15.0 Å². The highest BCUT2D eigenvalue weighted by Crippen LogP contribution is 2.71. The highest BCUT2D eigenvalue weighted by Gasteiger charge is 2.71. The summed E-state index contributed by atoms with van der Waals surface area (Å²) in [6.45, 7) is 11.1. The zero-order chi connectivity index (χ0) is 24.9. The zero-order valence-corrected chi connectivity index (χ0v) is 22.2. The first kappa shape index (κ1) is 24.6. The molecule has 0 aromatic carbocycles. The van der Waals surface area contributed by atoms with Crippen molar-refractivity contribution in [3.8, 4) is 0 Å². The molecular formula is C29H46O6. The first-order chi connectivity index (χ1) is 16.5.